The molecule has 3 aromatic rings. The van der Waals surface area contributed by atoms with E-state index in [1.807, 2.05) is 17.0 Å². The molecule has 0 bridgehead atoms. The van der Waals surface area contributed by atoms with E-state index < -0.39 is 0 Å². The summed E-state index contributed by atoms with van der Waals surface area (Å²) in [7, 11) is 0. The van der Waals surface area contributed by atoms with E-state index in [4.69, 9.17) is 0 Å². The summed E-state index contributed by atoms with van der Waals surface area (Å²) in [5, 5.41) is 7.79. The number of carbonyl (C=O) groups is 1. The SMILES string of the molecule is O=C(Cc1n[nH]c(=O)c2ccccc12)N(Cc1ccc(F)cc1)C1CC1. The van der Waals surface area contributed by atoms with E-state index in [1.165, 1.54) is 12.1 Å². The van der Waals surface area contributed by atoms with Crippen molar-refractivity contribution < 1.29 is 9.18 Å². The third kappa shape index (κ3) is 3.35. The van der Waals surface area contributed by atoms with Gasteiger partial charge in [0, 0.05) is 18.0 Å². The standard InChI is InChI=1S/C20H18FN3O2/c21-14-7-5-13(6-8-14)12-24(15-9-10-15)19(25)11-18-16-3-1-2-4-17(16)20(26)23-22-18/h1-8,15H,9-12H2,(H,23,26). The van der Waals surface area contributed by atoms with Crippen LogP contribution in [0.5, 0.6) is 0 Å². The molecule has 1 heterocycles. The van der Waals surface area contributed by atoms with Crippen molar-refractivity contribution >= 4 is 16.7 Å². The molecule has 0 unspecified atom stereocenters. The predicted molar refractivity (Wildman–Crippen MR) is 96.0 cm³/mol. The lowest BCUT2D eigenvalue weighted by Crippen LogP contribution is -2.34. The smallest absolute Gasteiger partial charge is 0.272 e. The lowest BCUT2D eigenvalue weighted by atomic mass is 10.1. The molecule has 5 nitrogen and oxygen atoms in total. The zero-order valence-electron chi connectivity index (χ0n) is 14.1. The highest BCUT2D eigenvalue weighted by Gasteiger charge is 2.32. The Morgan fingerprint density at radius 2 is 1.81 bits per heavy atom. The molecule has 1 saturated carbocycles. The monoisotopic (exact) mass is 351 g/mol. The van der Waals surface area contributed by atoms with Crippen LogP contribution in [0.4, 0.5) is 4.39 Å². The van der Waals surface area contributed by atoms with Crippen LogP contribution < -0.4 is 5.56 Å². The number of amides is 1. The third-order valence-corrected chi connectivity index (χ3v) is 4.67. The lowest BCUT2D eigenvalue weighted by molar-refractivity contribution is -0.131. The number of nitrogens with one attached hydrogen (secondary N) is 1. The number of rotatable bonds is 5. The van der Waals surface area contributed by atoms with Crippen molar-refractivity contribution in [2.45, 2.75) is 31.8 Å². The average molecular weight is 351 g/mol. The second kappa shape index (κ2) is 6.71. The zero-order chi connectivity index (χ0) is 18.1. The normalized spacial score (nSPS) is 13.7. The maximum Gasteiger partial charge on any atom is 0.272 e. The molecule has 132 valence electrons. The van der Waals surface area contributed by atoms with Crippen LogP contribution >= 0.6 is 0 Å². The first-order valence-electron chi connectivity index (χ1n) is 8.62. The number of aromatic nitrogens is 2. The Kier molecular flexibility index (Phi) is 4.24. The number of fused-ring (bicyclic) bond motifs is 1. The second-order valence-electron chi connectivity index (χ2n) is 6.60. The molecule has 1 aliphatic carbocycles. The lowest BCUT2D eigenvalue weighted by Gasteiger charge is -2.22. The summed E-state index contributed by atoms with van der Waals surface area (Å²) in [6.07, 6.45) is 2.08. The van der Waals surface area contributed by atoms with E-state index in [1.54, 1.807) is 24.3 Å². The Labute approximate surface area is 149 Å². The number of hydrogen-bond acceptors (Lipinski definition) is 3. The minimum Gasteiger partial charge on any atom is -0.335 e. The van der Waals surface area contributed by atoms with Gasteiger partial charge >= 0.3 is 0 Å². The quantitative estimate of drug-likeness (QED) is 0.769. The molecule has 1 aromatic heterocycles. The van der Waals surface area contributed by atoms with Crippen LogP contribution in [0.2, 0.25) is 0 Å². The van der Waals surface area contributed by atoms with E-state index in [0.717, 1.165) is 18.4 Å². The van der Waals surface area contributed by atoms with Crippen molar-refractivity contribution in [2.24, 2.45) is 0 Å². The maximum absolute atomic E-state index is 13.1. The number of aromatic amines is 1. The highest BCUT2D eigenvalue weighted by Crippen LogP contribution is 2.29. The van der Waals surface area contributed by atoms with Gasteiger partial charge in [0.25, 0.3) is 5.56 Å². The van der Waals surface area contributed by atoms with Crippen molar-refractivity contribution in [2.75, 3.05) is 0 Å². The fourth-order valence-electron chi connectivity index (χ4n) is 3.14. The molecule has 0 saturated heterocycles. The number of H-pyrrole nitrogens is 1. The highest BCUT2D eigenvalue weighted by molar-refractivity contribution is 5.88. The molecular formula is C20H18FN3O2. The van der Waals surface area contributed by atoms with E-state index in [9.17, 15) is 14.0 Å². The van der Waals surface area contributed by atoms with Crippen molar-refractivity contribution in [1.29, 1.82) is 0 Å². The van der Waals surface area contributed by atoms with Gasteiger partial charge in [0.15, 0.2) is 0 Å². The van der Waals surface area contributed by atoms with Gasteiger partial charge in [0.2, 0.25) is 5.91 Å². The molecule has 0 aliphatic heterocycles. The van der Waals surface area contributed by atoms with Crippen molar-refractivity contribution in [3.8, 4) is 0 Å². The van der Waals surface area contributed by atoms with Crippen molar-refractivity contribution in [3.05, 3.63) is 76.0 Å². The van der Waals surface area contributed by atoms with Crippen LogP contribution in [0, 0.1) is 5.82 Å². The third-order valence-electron chi connectivity index (χ3n) is 4.67. The van der Waals surface area contributed by atoms with Gasteiger partial charge < -0.3 is 4.90 Å². The van der Waals surface area contributed by atoms with Gasteiger partial charge in [0.1, 0.15) is 5.82 Å². The molecule has 1 fully saturated rings. The van der Waals surface area contributed by atoms with Crippen LogP contribution in [0.25, 0.3) is 10.8 Å². The molecule has 4 rings (SSSR count). The largest absolute Gasteiger partial charge is 0.335 e. The van der Waals surface area contributed by atoms with Gasteiger partial charge in [-0.1, -0.05) is 30.3 Å². The summed E-state index contributed by atoms with van der Waals surface area (Å²) in [6, 6.07) is 13.6. The molecule has 1 aliphatic rings. The molecular weight excluding hydrogens is 333 g/mol. The first-order valence-corrected chi connectivity index (χ1v) is 8.62. The van der Waals surface area contributed by atoms with Crippen LogP contribution in [-0.2, 0) is 17.8 Å². The van der Waals surface area contributed by atoms with Gasteiger partial charge in [-0.2, -0.15) is 5.10 Å². The Bertz CT molecular complexity index is 1010. The zero-order valence-corrected chi connectivity index (χ0v) is 14.1. The summed E-state index contributed by atoms with van der Waals surface area (Å²) >= 11 is 0. The molecule has 1 amide bonds. The number of hydrogen-bond donors (Lipinski definition) is 1. The topological polar surface area (TPSA) is 66.1 Å². The van der Waals surface area contributed by atoms with Crippen LogP contribution in [0.3, 0.4) is 0 Å². The van der Waals surface area contributed by atoms with Gasteiger partial charge in [-0.05, 0) is 36.6 Å². The Morgan fingerprint density at radius 1 is 1.12 bits per heavy atom. The van der Waals surface area contributed by atoms with Crippen molar-refractivity contribution in [3.63, 3.8) is 0 Å². The number of benzene rings is 2. The maximum atomic E-state index is 13.1. The van der Waals surface area contributed by atoms with Crippen molar-refractivity contribution in [1.82, 2.24) is 15.1 Å². The first kappa shape index (κ1) is 16.4. The summed E-state index contributed by atoms with van der Waals surface area (Å²) in [6.45, 7) is 0.449. The van der Waals surface area contributed by atoms with E-state index in [0.29, 0.717) is 23.0 Å². The predicted octanol–water partition coefficient (Wildman–Crippen LogP) is 2.80. The van der Waals surface area contributed by atoms with Gasteiger partial charge in [0.05, 0.1) is 17.5 Å². The minimum atomic E-state index is -0.290. The fourth-order valence-corrected chi connectivity index (χ4v) is 3.14. The Hall–Kier alpha value is -3.02. The summed E-state index contributed by atoms with van der Waals surface area (Å²) in [4.78, 5) is 26.6. The van der Waals surface area contributed by atoms with Gasteiger partial charge in [-0.15, -0.1) is 0 Å². The van der Waals surface area contributed by atoms with Crippen LogP contribution in [0.15, 0.2) is 53.3 Å². The van der Waals surface area contributed by atoms with E-state index in [2.05, 4.69) is 10.2 Å². The second-order valence-corrected chi connectivity index (χ2v) is 6.60. The molecule has 1 N–H and O–H groups in total. The molecule has 6 heteroatoms. The number of carbonyl (C=O) groups excluding carboxylic acids is 1. The van der Waals surface area contributed by atoms with E-state index >= 15 is 0 Å². The van der Waals surface area contributed by atoms with Crippen LogP contribution in [-0.4, -0.2) is 27.0 Å². The minimum absolute atomic E-state index is 0.0403. The number of halogens is 1. The Balaban J connectivity index is 1.59. The number of nitrogens with zero attached hydrogens (tertiary/aromatic N) is 2. The first-order chi connectivity index (χ1) is 12.6. The summed E-state index contributed by atoms with van der Waals surface area (Å²) in [5.41, 5.74) is 1.20. The molecule has 26 heavy (non-hydrogen) atoms. The van der Waals surface area contributed by atoms with Gasteiger partial charge in [-0.25, -0.2) is 9.49 Å². The summed E-state index contributed by atoms with van der Waals surface area (Å²) < 4.78 is 13.1. The highest BCUT2D eigenvalue weighted by atomic mass is 19.1. The average Bonchev–Trinajstić information content (AvgIpc) is 3.49. The van der Waals surface area contributed by atoms with E-state index in [-0.39, 0.29) is 29.7 Å². The molecule has 0 spiro atoms. The molecule has 0 radical (unpaired) electrons. The molecule has 2 aromatic carbocycles. The fraction of sp³-hybridized carbons (Fsp3) is 0.250. The van der Waals surface area contributed by atoms with Gasteiger partial charge in [-0.3, -0.25) is 9.59 Å². The van der Waals surface area contributed by atoms with Crippen LogP contribution in [0.1, 0.15) is 24.1 Å². The Morgan fingerprint density at radius 3 is 2.50 bits per heavy atom. The summed E-state index contributed by atoms with van der Waals surface area (Å²) in [5.74, 6) is -0.330. The molecule has 0 atom stereocenters.